The molecule has 0 heterocycles. The van der Waals surface area contributed by atoms with Gasteiger partial charge in [-0.25, -0.2) is 8.42 Å². The quantitative estimate of drug-likeness (QED) is 0.228. The molecule has 6 nitrogen and oxygen atoms in total. The fourth-order valence-electron chi connectivity index (χ4n) is 3.98. The zero-order valence-electron chi connectivity index (χ0n) is 20.0. The molecule has 0 saturated carbocycles. The number of phenolic OH excluding ortho intramolecular Hbond substituents is 1. The molecular weight excluding hydrogens is 510 g/mol. The fraction of sp³-hybridized carbons (Fsp3) is 0.172. The lowest BCUT2D eigenvalue weighted by Gasteiger charge is -2.25. The van der Waals surface area contributed by atoms with Gasteiger partial charge in [-0.2, -0.15) is 0 Å². The zero-order chi connectivity index (χ0) is 26.3. The lowest BCUT2D eigenvalue weighted by Crippen LogP contribution is -2.39. The first-order valence-electron chi connectivity index (χ1n) is 11.8. The van der Waals surface area contributed by atoms with Gasteiger partial charge in [-0.05, 0) is 78.2 Å². The van der Waals surface area contributed by atoms with E-state index >= 15 is 0 Å². The van der Waals surface area contributed by atoms with Crippen molar-refractivity contribution in [3.63, 3.8) is 0 Å². The molecule has 0 saturated heterocycles. The first-order chi connectivity index (χ1) is 17.8. The van der Waals surface area contributed by atoms with Crippen LogP contribution in [-0.2, 0) is 16.3 Å². The van der Waals surface area contributed by atoms with Gasteiger partial charge in [0, 0.05) is 17.6 Å². The highest BCUT2D eigenvalue weighted by Crippen LogP contribution is 2.25. The number of aromatic hydroxyl groups is 1. The van der Waals surface area contributed by atoms with E-state index in [0.29, 0.717) is 30.3 Å². The van der Waals surface area contributed by atoms with Crippen LogP contribution in [0.1, 0.15) is 17.2 Å². The summed E-state index contributed by atoms with van der Waals surface area (Å²) < 4.78 is 31.4. The maximum Gasteiger partial charge on any atom is 0.206 e. The van der Waals surface area contributed by atoms with Gasteiger partial charge in [-0.3, -0.25) is 0 Å². The summed E-state index contributed by atoms with van der Waals surface area (Å²) in [5.41, 5.74) is 1.82. The van der Waals surface area contributed by atoms with Crippen molar-refractivity contribution in [1.29, 1.82) is 0 Å². The van der Waals surface area contributed by atoms with Gasteiger partial charge < -0.3 is 20.3 Å². The third-order valence-electron chi connectivity index (χ3n) is 5.93. The van der Waals surface area contributed by atoms with E-state index in [-0.39, 0.29) is 21.6 Å². The third-order valence-corrected chi connectivity index (χ3v) is 7.95. The Balaban J connectivity index is 1.37. The minimum absolute atomic E-state index is 0.00222. The van der Waals surface area contributed by atoms with Crippen molar-refractivity contribution >= 4 is 21.4 Å². The van der Waals surface area contributed by atoms with Crippen LogP contribution < -0.4 is 10.1 Å². The van der Waals surface area contributed by atoms with Crippen molar-refractivity contribution in [1.82, 2.24) is 5.32 Å². The molecule has 8 heteroatoms. The van der Waals surface area contributed by atoms with E-state index < -0.39 is 15.9 Å². The number of halogens is 1. The number of aliphatic hydroxyl groups is 1. The highest BCUT2D eigenvalue weighted by molar-refractivity contribution is 7.91. The lowest BCUT2D eigenvalue weighted by atomic mass is 9.96. The third kappa shape index (κ3) is 7.11. The summed E-state index contributed by atoms with van der Waals surface area (Å²) in [6, 6.07) is 28.4. The number of phenols is 1. The molecular formula is C29H28ClNO5S. The summed E-state index contributed by atoms with van der Waals surface area (Å²) in [6.45, 7) is 0.778. The van der Waals surface area contributed by atoms with Gasteiger partial charge in [0.15, 0.2) is 0 Å². The predicted molar refractivity (Wildman–Crippen MR) is 144 cm³/mol. The number of hydrogen-bond acceptors (Lipinski definition) is 6. The molecule has 1 unspecified atom stereocenters. The first kappa shape index (κ1) is 26.7. The molecule has 37 heavy (non-hydrogen) atoms. The second-order valence-electron chi connectivity index (χ2n) is 8.57. The van der Waals surface area contributed by atoms with Crippen LogP contribution in [-0.4, -0.2) is 37.8 Å². The van der Waals surface area contributed by atoms with Crippen LogP contribution in [0.2, 0.25) is 5.02 Å². The highest BCUT2D eigenvalue weighted by Gasteiger charge is 2.21. The van der Waals surface area contributed by atoms with Gasteiger partial charge in [0.1, 0.15) is 18.1 Å². The largest absolute Gasteiger partial charge is 0.508 e. The van der Waals surface area contributed by atoms with Crippen LogP contribution >= 0.6 is 11.6 Å². The molecule has 0 aromatic heterocycles. The molecule has 2 atom stereocenters. The normalized spacial score (nSPS) is 13.1. The number of benzene rings is 4. The number of rotatable bonds is 11. The average molecular weight is 538 g/mol. The van der Waals surface area contributed by atoms with Gasteiger partial charge in [0.2, 0.25) is 9.84 Å². The van der Waals surface area contributed by atoms with E-state index in [1.54, 1.807) is 24.3 Å². The van der Waals surface area contributed by atoms with Crippen molar-refractivity contribution in [3.05, 3.63) is 119 Å². The SMILES string of the molecule is O=S(=O)(c1ccc(O)cc1)c1ccc(OCCNC(Cc2ccccc2)[C@H](O)c2cccc(Cl)c2)cc1. The molecule has 0 spiro atoms. The summed E-state index contributed by atoms with van der Waals surface area (Å²) in [6.07, 6.45) is -0.165. The standard InChI is InChI=1S/C29H28ClNO5S/c30-23-8-4-7-22(20-23)29(33)28(19-21-5-2-1-3-6-21)31-17-18-36-25-11-15-27(16-12-25)37(34,35)26-13-9-24(32)10-14-26/h1-16,20,28-29,31-33H,17-19H2/t28?,29-/m1/s1. The Morgan fingerprint density at radius 1 is 0.838 bits per heavy atom. The fourth-order valence-corrected chi connectivity index (χ4v) is 5.44. The van der Waals surface area contributed by atoms with Gasteiger partial charge in [0.25, 0.3) is 0 Å². The minimum atomic E-state index is -3.69. The Morgan fingerprint density at radius 2 is 1.49 bits per heavy atom. The molecule has 0 aliphatic heterocycles. The maximum atomic E-state index is 12.8. The molecule has 3 N–H and O–H groups in total. The van der Waals surface area contributed by atoms with E-state index in [4.69, 9.17) is 16.3 Å². The average Bonchev–Trinajstić information content (AvgIpc) is 2.91. The van der Waals surface area contributed by atoms with Gasteiger partial charge in [-0.15, -0.1) is 0 Å². The molecule has 4 aromatic rings. The molecule has 0 radical (unpaired) electrons. The van der Waals surface area contributed by atoms with E-state index in [1.165, 1.54) is 36.4 Å². The van der Waals surface area contributed by atoms with Crippen LogP contribution in [0.4, 0.5) is 0 Å². The van der Waals surface area contributed by atoms with Crippen LogP contribution in [0.5, 0.6) is 11.5 Å². The van der Waals surface area contributed by atoms with Crippen molar-refractivity contribution in [2.75, 3.05) is 13.2 Å². The smallest absolute Gasteiger partial charge is 0.206 e. The molecule has 4 aromatic carbocycles. The second kappa shape index (κ2) is 12.3. The van der Waals surface area contributed by atoms with E-state index in [9.17, 15) is 18.6 Å². The Morgan fingerprint density at radius 3 is 2.14 bits per heavy atom. The van der Waals surface area contributed by atoms with E-state index in [2.05, 4.69) is 5.32 Å². The van der Waals surface area contributed by atoms with Gasteiger partial charge in [-0.1, -0.05) is 54.1 Å². The number of sulfone groups is 1. The van der Waals surface area contributed by atoms with Crippen LogP contribution in [0.15, 0.2) is 113 Å². The molecule has 0 aliphatic rings. The topological polar surface area (TPSA) is 95.9 Å². The summed E-state index contributed by atoms with van der Waals surface area (Å²) >= 11 is 6.13. The first-order valence-corrected chi connectivity index (χ1v) is 13.7. The zero-order valence-corrected chi connectivity index (χ0v) is 21.6. The number of ether oxygens (including phenoxy) is 1. The number of aliphatic hydroxyl groups excluding tert-OH is 1. The molecule has 0 amide bonds. The minimum Gasteiger partial charge on any atom is -0.508 e. The van der Waals surface area contributed by atoms with E-state index in [1.807, 2.05) is 42.5 Å². The van der Waals surface area contributed by atoms with Crippen LogP contribution in [0, 0.1) is 0 Å². The lowest BCUT2D eigenvalue weighted by molar-refractivity contribution is 0.125. The van der Waals surface area contributed by atoms with Crippen molar-refractivity contribution in [2.24, 2.45) is 0 Å². The Kier molecular flexibility index (Phi) is 8.84. The molecule has 0 aliphatic carbocycles. The Bertz CT molecular complexity index is 1390. The number of nitrogens with one attached hydrogen (secondary N) is 1. The van der Waals surface area contributed by atoms with Crippen molar-refractivity contribution < 1.29 is 23.4 Å². The maximum absolute atomic E-state index is 12.8. The van der Waals surface area contributed by atoms with Crippen molar-refractivity contribution in [3.8, 4) is 11.5 Å². The summed E-state index contributed by atoms with van der Waals surface area (Å²) in [7, 11) is -3.69. The van der Waals surface area contributed by atoms with Gasteiger partial charge in [0.05, 0.1) is 15.9 Å². The molecule has 0 bridgehead atoms. The monoisotopic (exact) mass is 537 g/mol. The van der Waals surface area contributed by atoms with E-state index in [0.717, 1.165) is 11.1 Å². The summed E-state index contributed by atoms with van der Waals surface area (Å²) in [5, 5.41) is 24.4. The predicted octanol–water partition coefficient (Wildman–Crippen LogP) is 5.19. The second-order valence-corrected chi connectivity index (χ2v) is 11.0. The molecule has 4 rings (SSSR count). The van der Waals surface area contributed by atoms with Gasteiger partial charge >= 0.3 is 0 Å². The molecule has 0 fully saturated rings. The molecule has 192 valence electrons. The van der Waals surface area contributed by atoms with Crippen molar-refractivity contribution in [2.45, 2.75) is 28.4 Å². The highest BCUT2D eigenvalue weighted by atomic mass is 35.5. The summed E-state index contributed by atoms with van der Waals surface area (Å²) in [5.74, 6) is 0.531. The Hall–Kier alpha value is -3.36. The summed E-state index contributed by atoms with van der Waals surface area (Å²) in [4.78, 5) is 0.238. The van der Waals surface area contributed by atoms with Crippen LogP contribution in [0.25, 0.3) is 0 Å². The number of hydrogen-bond donors (Lipinski definition) is 3. The van der Waals surface area contributed by atoms with Crippen LogP contribution in [0.3, 0.4) is 0 Å². The Labute approximate surface area is 222 Å².